The minimum Gasteiger partial charge on any atom is -0.490 e. The number of fused-ring (bicyclic) bond motifs is 3. The van der Waals surface area contributed by atoms with Crippen molar-refractivity contribution in [1.29, 1.82) is 5.26 Å². The zero-order valence-electron chi connectivity index (χ0n) is 18.2. The van der Waals surface area contributed by atoms with Crippen molar-refractivity contribution in [2.24, 2.45) is 0 Å². The number of amides is 1. The standard InChI is InChI=1S/C24H22N4O5/c1-13(2)31-19-7-6-14(10-15(19)12-25)23-26-22(27-33-23)17-5-3-4-16-18(17)11-20-21(16)28(8-9-29)24(30)32-20/h3-7,10,13,20-21,29H,8-9,11H2,1-2H3/t20-,21+/m0/s1. The SMILES string of the molecule is CC(C)Oc1ccc(-c2nc(-c3cccc4c3C[C@@H]3OC(=O)N(CCO)[C@H]43)no2)cc1C#N. The second-order valence-corrected chi connectivity index (χ2v) is 8.27. The van der Waals surface area contributed by atoms with E-state index in [2.05, 4.69) is 16.2 Å². The maximum atomic E-state index is 12.2. The molecule has 2 aliphatic rings. The Hall–Kier alpha value is -3.90. The van der Waals surface area contributed by atoms with Gasteiger partial charge in [-0.1, -0.05) is 23.4 Å². The molecule has 0 unspecified atom stereocenters. The Balaban J connectivity index is 1.48. The van der Waals surface area contributed by atoms with Crippen molar-refractivity contribution in [2.75, 3.05) is 13.2 Å². The molecule has 1 N–H and O–H groups in total. The van der Waals surface area contributed by atoms with Crippen molar-refractivity contribution < 1.29 is 23.9 Å². The van der Waals surface area contributed by atoms with Crippen LogP contribution in [-0.4, -0.2) is 51.6 Å². The van der Waals surface area contributed by atoms with E-state index in [9.17, 15) is 15.2 Å². The molecule has 1 amide bonds. The summed E-state index contributed by atoms with van der Waals surface area (Å²) in [5, 5.41) is 23.0. The Morgan fingerprint density at radius 3 is 2.94 bits per heavy atom. The number of hydrogen-bond donors (Lipinski definition) is 1. The van der Waals surface area contributed by atoms with Crippen LogP contribution < -0.4 is 4.74 Å². The molecule has 1 saturated heterocycles. The molecule has 1 aliphatic heterocycles. The van der Waals surface area contributed by atoms with E-state index in [1.165, 1.54) is 0 Å². The van der Waals surface area contributed by atoms with Gasteiger partial charge in [-0.15, -0.1) is 0 Å². The lowest BCUT2D eigenvalue weighted by Gasteiger charge is -2.20. The van der Waals surface area contributed by atoms with Gasteiger partial charge < -0.3 is 19.1 Å². The first-order valence-electron chi connectivity index (χ1n) is 10.7. The fourth-order valence-electron chi connectivity index (χ4n) is 4.51. The number of aromatic nitrogens is 2. The Labute approximate surface area is 190 Å². The Morgan fingerprint density at radius 2 is 2.18 bits per heavy atom. The number of nitriles is 1. The van der Waals surface area contributed by atoms with Crippen molar-refractivity contribution in [1.82, 2.24) is 15.0 Å². The van der Waals surface area contributed by atoms with E-state index in [-0.39, 0.29) is 31.4 Å². The highest BCUT2D eigenvalue weighted by Crippen LogP contribution is 2.45. The van der Waals surface area contributed by atoms with Gasteiger partial charge in [0.15, 0.2) is 0 Å². The van der Waals surface area contributed by atoms with Gasteiger partial charge in [-0.05, 0) is 43.2 Å². The summed E-state index contributed by atoms with van der Waals surface area (Å²) in [5.74, 6) is 1.22. The maximum absolute atomic E-state index is 12.2. The molecule has 9 heteroatoms. The first-order chi connectivity index (χ1) is 16.0. The summed E-state index contributed by atoms with van der Waals surface area (Å²) in [5.41, 5.74) is 3.77. The maximum Gasteiger partial charge on any atom is 0.410 e. The summed E-state index contributed by atoms with van der Waals surface area (Å²) in [6.07, 6.45) is -0.230. The Bertz CT molecular complexity index is 1260. The zero-order valence-corrected chi connectivity index (χ0v) is 18.2. The number of benzene rings is 2. The number of rotatable bonds is 6. The number of carbonyl (C=O) groups is 1. The molecule has 1 aliphatic carbocycles. The van der Waals surface area contributed by atoms with Gasteiger partial charge in [-0.2, -0.15) is 10.2 Å². The van der Waals surface area contributed by atoms with Gasteiger partial charge in [0.1, 0.15) is 17.9 Å². The van der Waals surface area contributed by atoms with Crippen molar-refractivity contribution in [3.63, 3.8) is 0 Å². The molecule has 9 nitrogen and oxygen atoms in total. The number of ether oxygens (including phenoxy) is 2. The molecule has 3 aromatic rings. The van der Waals surface area contributed by atoms with Gasteiger partial charge in [0.05, 0.1) is 24.3 Å². The zero-order chi connectivity index (χ0) is 23.1. The minimum atomic E-state index is -0.407. The van der Waals surface area contributed by atoms with Crippen LogP contribution in [0.3, 0.4) is 0 Å². The Kier molecular flexibility index (Phi) is 5.23. The minimum absolute atomic E-state index is 0.0507. The molecule has 168 valence electrons. The Morgan fingerprint density at radius 1 is 1.33 bits per heavy atom. The van der Waals surface area contributed by atoms with Crippen molar-refractivity contribution in [2.45, 2.75) is 38.5 Å². The van der Waals surface area contributed by atoms with Gasteiger partial charge in [0, 0.05) is 24.1 Å². The first-order valence-corrected chi connectivity index (χ1v) is 10.7. The van der Waals surface area contributed by atoms with Crippen molar-refractivity contribution in [3.05, 3.63) is 53.1 Å². The van der Waals surface area contributed by atoms with Crippen LogP contribution in [0.25, 0.3) is 22.8 Å². The van der Waals surface area contributed by atoms with E-state index >= 15 is 0 Å². The normalized spacial score (nSPS) is 18.8. The third-order valence-electron chi connectivity index (χ3n) is 5.83. The van der Waals surface area contributed by atoms with E-state index in [4.69, 9.17) is 14.0 Å². The quantitative estimate of drug-likeness (QED) is 0.611. The van der Waals surface area contributed by atoms with Gasteiger partial charge in [-0.3, -0.25) is 4.90 Å². The van der Waals surface area contributed by atoms with Crippen molar-refractivity contribution in [3.8, 4) is 34.7 Å². The highest BCUT2D eigenvalue weighted by atomic mass is 16.6. The molecule has 0 saturated carbocycles. The molecule has 1 aromatic heterocycles. The number of nitrogens with zero attached hydrogens (tertiary/aromatic N) is 4. The van der Waals surface area contributed by atoms with Crippen molar-refractivity contribution >= 4 is 6.09 Å². The van der Waals surface area contributed by atoms with Gasteiger partial charge in [-0.25, -0.2) is 4.79 Å². The molecule has 2 aromatic carbocycles. The number of hydrogen-bond acceptors (Lipinski definition) is 8. The fourth-order valence-corrected chi connectivity index (χ4v) is 4.51. The highest BCUT2D eigenvalue weighted by molar-refractivity contribution is 5.74. The second-order valence-electron chi connectivity index (χ2n) is 8.27. The second kappa shape index (κ2) is 8.22. The molecule has 0 bridgehead atoms. The molecular formula is C24H22N4O5. The van der Waals surface area contributed by atoms with E-state index in [1.54, 1.807) is 23.1 Å². The summed E-state index contributed by atoms with van der Waals surface area (Å²) in [6, 6.07) is 12.8. The number of aliphatic hydroxyl groups excluding tert-OH is 1. The van der Waals surface area contributed by atoms with Gasteiger partial charge >= 0.3 is 6.09 Å². The molecule has 33 heavy (non-hydrogen) atoms. The first kappa shape index (κ1) is 21.0. The lowest BCUT2D eigenvalue weighted by atomic mass is 10.0. The number of carbonyl (C=O) groups excluding carboxylic acids is 1. The molecule has 5 rings (SSSR count). The average Bonchev–Trinajstić information content (AvgIpc) is 3.49. The van der Waals surface area contributed by atoms with Gasteiger partial charge in [0.2, 0.25) is 5.82 Å². The van der Waals surface area contributed by atoms with Crippen LogP contribution >= 0.6 is 0 Å². The van der Waals surface area contributed by atoms with Crippen LogP contribution in [0.15, 0.2) is 40.9 Å². The lowest BCUT2D eigenvalue weighted by molar-refractivity contribution is 0.130. The van der Waals surface area contributed by atoms with Crippen LogP contribution in [0.5, 0.6) is 5.75 Å². The summed E-state index contributed by atoms with van der Waals surface area (Å²) in [6.45, 7) is 3.88. The molecule has 2 heterocycles. The van der Waals surface area contributed by atoms with E-state index in [0.717, 1.165) is 16.7 Å². The summed E-state index contributed by atoms with van der Waals surface area (Å²) in [7, 11) is 0. The van der Waals surface area contributed by atoms with Crippen LogP contribution in [0.4, 0.5) is 4.79 Å². The summed E-state index contributed by atoms with van der Waals surface area (Å²) in [4.78, 5) is 18.3. The predicted octanol–water partition coefficient (Wildman–Crippen LogP) is 3.47. The monoisotopic (exact) mass is 446 g/mol. The smallest absolute Gasteiger partial charge is 0.410 e. The topological polar surface area (TPSA) is 122 Å². The average molecular weight is 446 g/mol. The molecule has 1 fully saturated rings. The third kappa shape index (κ3) is 3.58. The van der Waals surface area contributed by atoms with Crippen LogP contribution in [0, 0.1) is 11.3 Å². The van der Waals surface area contributed by atoms with E-state index < -0.39 is 6.09 Å². The molecule has 2 atom stereocenters. The van der Waals surface area contributed by atoms with Crippen LogP contribution in [-0.2, 0) is 11.2 Å². The molecular weight excluding hydrogens is 424 g/mol. The van der Waals surface area contributed by atoms with Crippen LogP contribution in [0.1, 0.15) is 36.6 Å². The highest BCUT2D eigenvalue weighted by Gasteiger charge is 2.48. The molecule has 0 spiro atoms. The summed E-state index contributed by atoms with van der Waals surface area (Å²) < 4.78 is 16.7. The lowest BCUT2D eigenvalue weighted by Crippen LogP contribution is -2.30. The number of β-amino-alcohol motifs (C(OH)–C–C–N with tert-alkyl or cyclic N) is 1. The number of aliphatic hydroxyl groups is 1. The largest absolute Gasteiger partial charge is 0.490 e. The summed E-state index contributed by atoms with van der Waals surface area (Å²) >= 11 is 0. The fraction of sp³-hybridized carbons (Fsp3) is 0.333. The van der Waals surface area contributed by atoms with E-state index in [1.807, 2.05) is 32.0 Å². The van der Waals surface area contributed by atoms with Crippen LogP contribution in [0.2, 0.25) is 0 Å². The van der Waals surface area contributed by atoms with E-state index in [0.29, 0.717) is 35.0 Å². The third-order valence-corrected chi connectivity index (χ3v) is 5.83. The van der Waals surface area contributed by atoms with Gasteiger partial charge in [0.25, 0.3) is 5.89 Å². The molecule has 0 radical (unpaired) electrons. The predicted molar refractivity (Wildman–Crippen MR) is 116 cm³/mol.